The van der Waals surface area contributed by atoms with Gasteiger partial charge in [-0.15, -0.1) is 11.3 Å². The lowest BCUT2D eigenvalue weighted by Crippen LogP contribution is -2.33. The van der Waals surface area contributed by atoms with Crippen LogP contribution in [0.15, 0.2) is 35.7 Å². The quantitative estimate of drug-likeness (QED) is 0.755. The second kappa shape index (κ2) is 7.15. The van der Waals surface area contributed by atoms with Gasteiger partial charge in [-0.05, 0) is 48.3 Å². The van der Waals surface area contributed by atoms with E-state index in [1.54, 1.807) is 18.2 Å². The van der Waals surface area contributed by atoms with E-state index in [1.807, 2.05) is 24.4 Å². The second-order valence-electron chi connectivity index (χ2n) is 4.60. The number of rotatable bonds is 3. The highest BCUT2D eigenvalue weighted by molar-refractivity contribution is 7.80. The molecule has 0 saturated heterocycles. The lowest BCUT2D eigenvalue weighted by Gasteiger charge is -2.12. The Bertz CT molecular complexity index is 712. The standard InChI is InChI=1S/C15H15N3O2S2/c1-9-5-6-11(8-12(9)16-10(2)19)17-15(21)18-14(20)13-4-3-7-22-13/h3-8H,1-2H3,(H,16,19)(H2,17,18,20,21). The molecule has 2 amide bonds. The molecule has 0 bridgehead atoms. The number of aryl methyl sites for hydroxylation is 1. The van der Waals surface area contributed by atoms with E-state index in [1.165, 1.54) is 18.3 Å². The SMILES string of the molecule is CC(=O)Nc1cc(NC(=S)NC(=O)c2cccs2)ccc1C. The molecule has 0 saturated carbocycles. The van der Waals surface area contributed by atoms with Gasteiger partial charge in [0, 0.05) is 18.3 Å². The highest BCUT2D eigenvalue weighted by Crippen LogP contribution is 2.20. The summed E-state index contributed by atoms with van der Waals surface area (Å²) in [6.45, 7) is 3.34. The maximum atomic E-state index is 11.9. The maximum Gasteiger partial charge on any atom is 0.267 e. The Hall–Kier alpha value is -2.25. The first-order valence-corrected chi connectivity index (χ1v) is 7.78. The van der Waals surface area contributed by atoms with Crippen molar-refractivity contribution >= 4 is 51.9 Å². The highest BCUT2D eigenvalue weighted by atomic mass is 32.1. The minimum atomic E-state index is -0.248. The third-order valence-electron chi connectivity index (χ3n) is 2.78. The summed E-state index contributed by atoms with van der Waals surface area (Å²) in [5, 5.41) is 10.3. The summed E-state index contributed by atoms with van der Waals surface area (Å²) in [7, 11) is 0. The van der Waals surface area contributed by atoms with Crippen LogP contribution in [0.1, 0.15) is 22.2 Å². The van der Waals surface area contributed by atoms with Gasteiger partial charge in [0.1, 0.15) is 0 Å². The van der Waals surface area contributed by atoms with Gasteiger partial charge in [-0.25, -0.2) is 0 Å². The van der Waals surface area contributed by atoms with Crippen molar-refractivity contribution in [3.8, 4) is 0 Å². The average molecular weight is 333 g/mol. The van der Waals surface area contributed by atoms with E-state index in [4.69, 9.17) is 12.2 Å². The number of carbonyl (C=O) groups is 2. The lowest BCUT2D eigenvalue weighted by molar-refractivity contribution is -0.114. The highest BCUT2D eigenvalue weighted by Gasteiger charge is 2.09. The first kappa shape index (κ1) is 16.1. The molecule has 114 valence electrons. The minimum Gasteiger partial charge on any atom is -0.332 e. The van der Waals surface area contributed by atoms with E-state index in [0.29, 0.717) is 16.3 Å². The van der Waals surface area contributed by atoms with Crippen molar-refractivity contribution in [1.29, 1.82) is 0 Å². The Morgan fingerprint density at radius 1 is 1.18 bits per heavy atom. The molecule has 5 nitrogen and oxygen atoms in total. The average Bonchev–Trinajstić information content (AvgIpc) is 2.96. The Kier molecular flexibility index (Phi) is 5.24. The first-order chi connectivity index (χ1) is 10.5. The van der Waals surface area contributed by atoms with Crippen LogP contribution in [0.25, 0.3) is 0 Å². The summed E-state index contributed by atoms with van der Waals surface area (Å²) in [5.74, 6) is -0.393. The number of hydrogen-bond donors (Lipinski definition) is 3. The van der Waals surface area contributed by atoms with Gasteiger partial charge >= 0.3 is 0 Å². The van der Waals surface area contributed by atoms with E-state index in [-0.39, 0.29) is 16.9 Å². The molecule has 0 fully saturated rings. The van der Waals surface area contributed by atoms with Crippen LogP contribution < -0.4 is 16.0 Å². The number of carbonyl (C=O) groups excluding carboxylic acids is 2. The first-order valence-electron chi connectivity index (χ1n) is 6.50. The summed E-state index contributed by atoms with van der Waals surface area (Å²) in [6, 6.07) is 8.97. The summed E-state index contributed by atoms with van der Waals surface area (Å²) in [5.41, 5.74) is 2.32. The predicted molar refractivity (Wildman–Crippen MR) is 93.5 cm³/mol. The normalized spacial score (nSPS) is 9.91. The van der Waals surface area contributed by atoms with Crippen LogP contribution in [0.3, 0.4) is 0 Å². The predicted octanol–water partition coefficient (Wildman–Crippen LogP) is 3.14. The van der Waals surface area contributed by atoms with Gasteiger partial charge in [-0.1, -0.05) is 12.1 Å². The molecule has 0 aliphatic carbocycles. The molecule has 1 aromatic carbocycles. The Balaban J connectivity index is 2.02. The van der Waals surface area contributed by atoms with Crippen LogP contribution in [0.5, 0.6) is 0 Å². The Morgan fingerprint density at radius 3 is 2.59 bits per heavy atom. The lowest BCUT2D eigenvalue weighted by atomic mass is 10.2. The van der Waals surface area contributed by atoms with E-state index in [9.17, 15) is 9.59 Å². The van der Waals surface area contributed by atoms with E-state index in [0.717, 1.165) is 5.56 Å². The van der Waals surface area contributed by atoms with Crippen molar-refractivity contribution in [2.24, 2.45) is 0 Å². The molecule has 0 aliphatic heterocycles. The zero-order valence-corrected chi connectivity index (χ0v) is 13.7. The molecule has 0 unspecified atom stereocenters. The zero-order valence-electron chi connectivity index (χ0n) is 12.1. The molecule has 7 heteroatoms. The second-order valence-corrected chi connectivity index (χ2v) is 5.95. The van der Waals surface area contributed by atoms with Crippen LogP contribution in [0.4, 0.5) is 11.4 Å². The largest absolute Gasteiger partial charge is 0.332 e. The molecule has 22 heavy (non-hydrogen) atoms. The molecule has 0 radical (unpaired) electrons. The van der Waals surface area contributed by atoms with Crippen LogP contribution in [0.2, 0.25) is 0 Å². The molecule has 2 rings (SSSR count). The van der Waals surface area contributed by atoms with Crippen LogP contribution in [-0.2, 0) is 4.79 Å². The molecule has 3 N–H and O–H groups in total. The van der Waals surface area contributed by atoms with Crippen molar-refractivity contribution in [3.05, 3.63) is 46.2 Å². The van der Waals surface area contributed by atoms with Crippen molar-refractivity contribution in [1.82, 2.24) is 5.32 Å². The fourth-order valence-corrected chi connectivity index (χ4v) is 2.59. The van der Waals surface area contributed by atoms with E-state index >= 15 is 0 Å². The molecule has 0 spiro atoms. The third kappa shape index (κ3) is 4.37. The van der Waals surface area contributed by atoms with Crippen molar-refractivity contribution in [2.75, 3.05) is 10.6 Å². The summed E-state index contributed by atoms with van der Waals surface area (Å²) >= 11 is 6.47. The fourth-order valence-electron chi connectivity index (χ4n) is 1.76. The molecule has 2 aromatic rings. The van der Waals surface area contributed by atoms with Crippen LogP contribution in [-0.4, -0.2) is 16.9 Å². The third-order valence-corrected chi connectivity index (χ3v) is 3.85. The van der Waals surface area contributed by atoms with Crippen molar-refractivity contribution < 1.29 is 9.59 Å². The maximum absolute atomic E-state index is 11.9. The van der Waals surface area contributed by atoms with Crippen molar-refractivity contribution in [2.45, 2.75) is 13.8 Å². The number of amides is 2. The zero-order chi connectivity index (χ0) is 16.1. The summed E-state index contributed by atoms with van der Waals surface area (Å²) in [4.78, 5) is 23.6. The van der Waals surface area contributed by atoms with Gasteiger partial charge < -0.3 is 10.6 Å². The van der Waals surface area contributed by atoms with Gasteiger partial charge in [-0.2, -0.15) is 0 Å². The van der Waals surface area contributed by atoms with Gasteiger partial charge in [-0.3, -0.25) is 14.9 Å². The number of thiocarbonyl (C=S) groups is 1. The molecule has 0 aliphatic rings. The number of thiophene rings is 1. The Morgan fingerprint density at radius 2 is 1.95 bits per heavy atom. The fraction of sp³-hybridized carbons (Fsp3) is 0.133. The molecular formula is C15H15N3O2S2. The molecule has 0 atom stereocenters. The van der Waals surface area contributed by atoms with Crippen molar-refractivity contribution in [3.63, 3.8) is 0 Å². The monoisotopic (exact) mass is 333 g/mol. The number of benzene rings is 1. The molecular weight excluding hydrogens is 318 g/mol. The van der Waals surface area contributed by atoms with Crippen LogP contribution in [0, 0.1) is 6.92 Å². The van der Waals surface area contributed by atoms with Gasteiger partial charge in [0.15, 0.2) is 5.11 Å². The molecule has 1 aromatic heterocycles. The summed E-state index contributed by atoms with van der Waals surface area (Å²) < 4.78 is 0. The Labute approximate surface area is 137 Å². The smallest absolute Gasteiger partial charge is 0.267 e. The summed E-state index contributed by atoms with van der Waals surface area (Å²) in [6.07, 6.45) is 0. The van der Waals surface area contributed by atoms with Gasteiger partial charge in [0.2, 0.25) is 5.91 Å². The van der Waals surface area contributed by atoms with E-state index in [2.05, 4.69) is 16.0 Å². The number of anilines is 2. The minimum absolute atomic E-state index is 0.145. The molecule has 1 heterocycles. The number of nitrogens with one attached hydrogen (secondary N) is 3. The van der Waals surface area contributed by atoms with Gasteiger partial charge in [0.25, 0.3) is 5.91 Å². The van der Waals surface area contributed by atoms with E-state index < -0.39 is 0 Å². The van der Waals surface area contributed by atoms with Crippen LogP contribution >= 0.6 is 23.6 Å². The topological polar surface area (TPSA) is 70.2 Å². The van der Waals surface area contributed by atoms with Gasteiger partial charge in [0.05, 0.1) is 4.88 Å². The number of hydrogen-bond acceptors (Lipinski definition) is 4.